The summed E-state index contributed by atoms with van der Waals surface area (Å²) in [5.74, 6) is 1.51. The average molecular weight is 575 g/mol. The number of benzene rings is 4. The average Bonchev–Trinajstić information content (AvgIpc) is 3.17. The summed E-state index contributed by atoms with van der Waals surface area (Å²) in [6.07, 6.45) is 0. The second kappa shape index (κ2) is 12.7. The van der Waals surface area contributed by atoms with E-state index in [1.54, 1.807) is 0 Å². The summed E-state index contributed by atoms with van der Waals surface area (Å²) in [6.45, 7) is 18.1. The van der Waals surface area contributed by atoms with Crippen LogP contribution in [0.3, 0.4) is 0 Å². The summed E-state index contributed by atoms with van der Waals surface area (Å²) in [6, 6.07) is 26.5. The molecule has 2 nitrogen and oxygen atoms in total. The van der Waals surface area contributed by atoms with Gasteiger partial charge in [-0.05, 0) is 51.3 Å². The first-order chi connectivity index (χ1) is 18.2. The molecule has 1 aliphatic rings. The van der Waals surface area contributed by atoms with Crippen molar-refractivity contribution in [3.05, 3.63) is 114 Å². The zero-order chi connectivity index (χ0) is 27.1. The Morgan fingerprint density at radius 1 is 0.450 bits per heavy atom. The van der Waals surface area contributed by atoms with Crippen LogP contribution in [0.5, 0.6) is 0 Å². The number of hydrogen-bond donors (Lipinski definition) is 0. The Kier molecular flexibility index (Phi) is 9.96. The molecular formula is C37H44N2Ni-. The van der Waals surface area contributed by atoms with E-state index in [-0.39, 0.29) is 23.9 Å². The van der Waals surface area contributed by atoms with Crippen LogP contribution >= 0.6 is 0 Å². The molecule has 1 aliphatic carbocycles. The van der Waals surface area contributed by atoms with E-state index in [1.807, 2.05) is 0 Å². The van der Waals surface area contributed by atoms with Crippen molar-refractivity contribution < 1.29 is 16.5 Å². The van der Waals surface area contributed by atoms with Gasteiger partial charge in [0.15, 0.2) is 0 Å². The fraction of sp³-hybridized carbons (Fsp3) is 0.324. The molecule has 0 saturated carbocycles. The van der Waals surface area contributed by atoms with Crippen molar-refractivity contribution >= 4 is 33.6 Å². The van der Waals surface area contributed by atoms with Gasteiger partial charge in [-0.3, -0.25) is 0 Å². The summed E-state index contributed by atoms with van der Waals surface area (Å²) in [7, 11) is 0. The van der Waals surface area contributed by atoms with Crippen molar-refractivity contribution in [2.24, 2.45) is 9.98 Å². The Morgan fingerprint density at radius 3 is 1.05 bits per heavy atom. The van der Waals surface area contributed by atoms with E-state index in [1.165, 1.54) is 44.2 Å². The number of para-hydroxylation sites is 2. The Hall–Kier alpha value is -3.03. The molecule has 0 fully saturated rings. The van der Waals surface area contributed by atoms with Gasteiger partial charge in [0.1, 0.15) is 0 Å². The molecule has 0 radical (unpaired) electrons. The van der Waals surface area contributed by atoms with Crippen LogP contribution in [-0.2, 0) is 16.5 Å². The van der Waals surface area contributed by atoms with Crippen LogP contribution in [-0.4, -0.2) is 11.4 Å². The van der Waals surface area contributed by atoms with Crippen LogP contribution in [0.1, 0.15) is 112 Å². The number of rotatable bonds is 6. The molecule has 5 rings (SSSR count). The summed E-state index contributed by atoms with van der Waals surface area (Å²) in [5, 5.41) is 2.49. The maximum absolute atomic E-state index is 5.55. The SMILES string of the molecule is CC(C)c1cccc(C(C)C)c1N=C1C(=Nc2c(C(C)C)cccc2C(C)C)c2cccc3cccc1c23.[CH3-].[NiH]. The molecule has 0 saturated heterocycles. The Morgan fingerprint density at radius 2 is 0.750 bits per heavy atom. The van der Waals surface area contributed by atoms with Crippen LogP contribution in [0.4, 0.5) is 11.4 Å². The molecule has 0 N–H and O–H groups in total. The third kappa shape index (κ3) is 5.59. The minimum atomic E-state index is 0. The first kappa shape index (κ1) is 31.5. The van der Waals surface area contributed by atoms with E-state index >= 15 is 0 Å². The van der Waals surface area contributed by atoms with E-state index in [9.17, 15) is 0 Å². The van der Waals surface area contributed by atoms with E-state index in [0.29, 0.717) is 23.7 Å². The Balaban J connectivity index is 0.00000220. The van der Waals surface area contributed by atoms with E-state index < -0.39 is 0 Å². The van der Waals surface area contributed by atoms with Gasteiger partial charge in [0, 0.05) is 16.5 Å². The van der Waals surface area contributed by atoms with Gasteiger partial charge in [-0.25, -0.2) is 9.98 Å². The predicted molar refractivity (Wildman–Crippen MR) is 173 cm³/mol. The van der Waals surface area contributed by atoms with Crippen molar-refractivity contribution in [2.45, 2.75) is 79.1 Å². The van der Waals surface area contributed by atoms with Crippen LogP contribution in [0.25, 0.3) is 10.8 Å². The first-order valence-corrected chi connectivity index (χ1v) is 14.1. The second-order valence-corrected chi connectivity index (χ2v) is 11.8. The van der Waals surface area contributed by atoms with Gasteiger partial charge >= 0.3 is 16.5 Å². The Labute approximate surface area is 252 Å². The van der Waals surface area contributed by atoms with E-state index in [2.05, 4.69) is 128 Å². The van der Waals surface area contributed by atoms with Gasteiger partial charge in [-0.1, -0.05) is 128 Å². The quantitative estimate of drug-likeness (QED) is 0.161. The number of hydrogen-bond acceptors (Lipinski definition) is 2. The molecular weight excluding hydrogens is 531 g/mol. The fourth-order valence-corrected chi connectivity index (χ4v) is 5.72. The third-order valence-electron chi connectivity index (χ3n) is 7.77. The molecule has 0 bridgehead atoms. The molecule has 0 amide bonds. The number of nitrogens with zero attached hydrogens (tertiary/aromatic N) is 2. The van der Waals surface area contributed by atoms with Crippen molar-refractivity contribution in [3.8, 4) is 0 Å². The van der Waals surface area contributed by atoms with Crippen LogP contribution in [0.2, 0.25) is 0 Å². The van der Waals surface area contributed by atoms with Gasteiger partial charge < -0.3 is 7.43 Å². The van der Waals surface area contributed by atoms with Gasteiger partial charge in [0.05, 0.1) is 22.8 Å². The normalized spacial score (nSPS) is 14.6. The van der Waals surface area contributed by atoms with Crippen molar-refractivity contribution in [1.29, 1.82) is 0 Å². The number of aliphatic imine (C=N–C) groups is 2. The standard InChI is InChI=1S/C36H40N2.CH3.Ni.H/c1-21(2)26-15-11-16-27(22(3)4)33(26)37-35-30-19-9-13-25-14-10-20-31(32(25)30)36(35)38-34-28(23(5)6)17-12-18-29(34)24(7)8;;;/h9-24H,1-8H3;1H3;;/q;-1;;. The third-order valence-corrected chi connectivity index (χ3v) is 7.77. The van der Waals surface area contributed by atoms with Gasteiger partial charge in [0.25, 0.3) is 0 Å². The summed E-state index contributed by atoms with van der Waals surface area (Å²) >= 11 is 0. The molecule has 4 aromatic carbocycles. The molecule has 213 valence electrons. The minimum absolute atomic E-state index is 0. The van der Waals surface area contributed by atoms with Gasteiger partial charge in [-0.15, -0.1) is 0 Å². The molecule has 0 atom stereocenters. The van der Waals surface area contributed by atoms with E-state index in [0.717, 1.165) is 22.8 Å². The monoisotopic (exact) mass is 574 g/mol. The molecule has 0 aliphatic heterocycles. The van der Waals surface area contributed by atoms with Gasteiger partial charge in [-0.2, -0.15) is 0 Å². The summed E-state index contributed by atoms with van der Waals surface area (Å²) < 4.78 is 0. The molecule has 3 heteroatoms. The molecule has 0 unspecified atom stereocenters. The van der Waals surface area contributed by atoms with Crippen molar-refractivity contribution in [2.75, 3.05) is 0 Å². The second-order valence-electron chi connectivity index (χ2n) is 11.8. The molecule has 0 heterocycles. The van der Waals surface area contributed by atoms with E-state index in [4.69, 9.17) is 9.98 Å². The van der Waals surface area contributed by atoms with Crippen molar-refractivity contribution in [1.82, 2.24) is 0 Å². The maximum atomic E-state index is 5.55. The van der Waals surface area contributed by atoms with Gasteiger partial charge in [0.2, 0.25) is 0 Å². The van der Waals surface area contributed by atoms with Crippen LogP contribution in [0.15, 0.2) is 82.8 Å². The van der Waals surface area contributed by atoms with Crippen LogP contribution in [0, 0.1) is 7.43 Å². The predicted octanol–water partition coefficient (Wildman–Crippen LogP) is 10.8. The topological polar surface area (TPSA) is 24.7 Å². The summed E-state index contributed by atoms with van der Waals surface area (Å²) in [4.78, 5) is 11.1. The summed E-state index contributed by atoms with van der Waals surface area (Å²) in [5.41, 5.74) is 11.7. The first-order valence-electron chi connectivity index (χ1n) is 14.1. The molecule has 40 heavy (non-hydrogen) atoms. The Bertz CT molecular complexity index is 1400. The zero-order valence-corrected chi connectivity index (χ0v) is 26.5. The zero-order valence-electron chi connectivity index (χ0n) is 25.5. The van der Waals surface area contributed by atoms with Crippen LogP contribution < -0.4 is 0 Å². The molecule has 0 aromatic heterocycles. The molecule has 4 aromatic rings. The van der Waals surface area contributed by atoms with Crippen molar-refractivity contribution in [3.63, 3.8) is 0 Å². The fourth-order valence-electron chi connectivity index (χ4n) is 5.72. The molecule has 0 spiro atoms.